The van der Waals surface area contributed by atoms with Crippen LogP contribution in [0.2, 0.25) is 0 Å². The molecule has 1 aromatic carbocycles. The Kier molecular flexibility index (Phi) is 2.52. The van der Waals surface area contributed by atoms with E-state index < -0.39 is 6.09 Å². The van der Waals surface area contributed by atoms with Gasteiger partial charge in [-0.3, -0.25) is 0 Å². The lowest BCUT2D eigenvalue weighted by molar-refractivity contribution is 0.196. The molecule has 1 aromatic heterocycles. The second-order valence-corrected chi connectivity index (χ2v) is 4.04. The predicted molar refractivity (Wildman–Crippen MR) is 62.4 cm³/mol. The Hall–Kier alpha value is -1.29. The van der Waals surface area contributed by atoms with Gasteiger partial charge in [0.1, 0.15) is 0 Å². The molecule has 2 rings (SSSR count). The van der Waals surface area contributed by atoms with Crippen molar-refractivity contribution < 1.29 is 9.90 Å². The number of aromatic nitrogens is 1. The molecule has 3 nitrogen and oxygen atoms in total. The van der Waals surface area contributed by atoms with Crippen LogP contribution in [0.4, 0.5) is 4.79 Å². The molecule has 78 valence electrons. The summed E-state index contributed by atoms with van der Waals surface area (Å²) in [6.45, 7) is 1.94. The highest BCUT2D eigenvalue weighted by Crippen LogP contribution is 2.31. The summed E-state index contributed by atoms with van der Waals surface area (Å²) in [6.07, 6.45) is -0.254. The molecule has 0 atom stereocenters. The largest absolute Gasteiger partial charge is 0.464 e. The zero-order chi connectivity index (χ0) is 11.0. The van der Waals surface area contributed by atoms with Crippen molar-refractivity contribution in [3.8, 4) is 0 Å². The Labute approximate surface area is 95.5 Å². The summed E-state index contributed by atoms with van der Waals surface area (Å²) in [5, 5.41) is 10.1. The van der Waals surface area contributed by atoms with Gasteiger partial charge in [0.15, 0.2) is 0 Å². The van der Waals surface area contributed by atoms with E-state index in [0.717, 1.165) is 21.1 Å². The van der Waals surface area contributed by atoms with Crippen LogP contribution in [0, 0.1) is 0 Å². The highest BCUT2D eigenvalue weighted by atomic mass is 79.9. The average Bonchev–Trinajstić information content (AvgIpc) is 2.52. The Morgan fingerprint density at radius 2 is 2.13 bits per heavy atom. The summed E-state index contributed by atoms with van der Waals surface area (Å²) in [5.41, 5.74) is 1.53. The van der Waals surface area contributed by atoms with Crippen molar-refractivity contribution in [2.24, 2.45) is 0 Å². The van der Waals surface area contributed by atoms with Gasteiger partial charge in [-0.2, -0.15) is 0 Å². The molecule has 0 aliphatic carbocycles. The van der Waals surface area contributed by atoms with Gasteiger partial charge in [0, 0.05) is 15.6 Å². The first-order valence-corrected chi connectivity index (χ1v) is 5.47. The van der Waals surface area contributed by atoms with Gasteiger partial charge in [-0.25, -0.2) is 9.36 Å². The van der Waals surface area contributed by atoms with Crippen molar-refractivity contribution in [1.29, 1.82) is 0 Å². The van der Waals surface area contributed by atoms with Crippen LogP contribution in [0.3, 0.4) is 0 Å². The zero-order valence-electron chi connectivity index (χ0n) is 8.20. The zero-order valence-corrected chi connectivity index (χ0v) is 9.78. The topological polar surface area (TPSA) is 42.2 Å². The molecule has 2 aromatic rings. The molecule has 0 unspecified atom stereocenters. The van der Waals surface area contributed by atoms with Gasteiger partial charge in [-0.15, -0.1) is 0 Å². The van der Waals surface area contributed by atoms with E-state index in [1.54, 1.807) is 0 Å². The summed E-state index contributed by atoms with van der Waals surface area (Å²) in [4.78, 5) is 11.2. The highest BCUT2D eigenvalue weighted by Gasteiger charge is 2.17. The van der Waals surface area contributed by atoms with Crippen LogP contribution in [0.1, 0.15) is 12.6 Å². The lowest BCUT2D eigenvalue weighted by atomic mass is 10.2. The number of hydrogen-bond donors (Lipinski definition) is 1. The van der Waals surface area contributed by atoms with Crippen LogP contribution in [-0.4, -0.2) is 15.8 Å². The second kappa shape index (κ2) is 3.70. The van der Waals surface area contributed by atoms with E-state index in [4.69, 9.17) is 5.11 Å². The van der Waals surface area contributed by atoms with Gasteiger partial charge < -0.3 is 5.11 Å². The molecule has 1 N–H and O–H groups in total. The molecule has 0 aliphatic rings. The van der Waals surface area contributed by atoms with Crippen molar-refractivity contribution in [1.82, 2.24) is 4.57 Å². The standard InChI is InChI=1S/C11H10BrNO2/c1-2-8-10(12)7-5-3-4-6-9(7)13(8)11(14)15/h3-6H,2H2,1H3,(H,14,15). The normalized spacial score (nSPS) is 10.8. The predicted octanol–water partition coefficient (Wildman–Crippen LogP) is 3.49. The lowest BCUT2D eigenvalue weighted by Crippen LogP contribution is -2.10. The third kappa shape index (κ3) is 1.45. The first kappa shape index (κ1) is 10.2. The number of nitrogens with zero attached hydrogens (tertiary/aromatic N) is 1. The van der Waals surface area contributed by atoms with Gasteiger partial charge in [-0.1, -0.05) is 25.1 Å². The summed E-state index contributed by atoms with van der Waals surface area (Å²) < 4.78 is 2.21. The highest BCUT2D eigenvalue weighted by molar-refractivity contribution is 9.10. The number of para-hydroxylation sites is 1. The molecule has 0 bridgehead atoms. The maximum absolute atomic E-state index is 11.2. The van der Waals surface area contributed by atoms with Crippen LogP contribution in [-0.2, 0) is 6.42 Å². The van der Waals surface area contributed by atoms with Crippen molar-refractivity contribution in [3.63, 3.8) is 0 Å². The van der Waals surface area contributed by atoms with Gasteiger partial charge >= 0.3 is 6.09 Å². The molecule has 0 fully saturated rings. The monoisotopic (exact) mass is 267 g/mol. The van der Waals surface area contributed by atoms with Crippen LogP contribution >= 0.6 is 15.9 Å². The van der Waals surface area contributed by atoms with E-state index in [2.05, 4.69) is 15.9 Å². The Morgan fingerprint density at radius 1 is 1.47 bits per heavy atom. The van der Waals surface area contributed by atoms with Crippen molar-refractivity contribution in [3.05, 3.63) is 34.4 Å². The minimum absolute atomic E-state index is 0.682. The molecule has 0 radical (unpaired) electrons. The molecule has 0 saturated heterocycles. The van der Waals surface area contributed by atoms with E-state index >= 15 is 0 Å². The minimum atomic E-state index is -0.936. The maximum atomic E-state index is 11.2. The van der Waals surface area contributed by atoms with Gasteiger partial charge in [0.2, 0.25) is 0 Å². The fraction of sp³-hybridized carbons (Fsp3) is 0.182. The number of carboxylic acid groups (broad SMARTS) is 1. The fourth-order valence-electron chi connectivity index (χ4n) is 1.79. The Balaban J connectivity index is 2.91. The van der Waals surface area contributed by atoms with Gasteiger partial charge in [0.25, 0.3) is 0 Å². The van der Waals surface area contributed by atoms with E-state index in [-0.39, 0.29) is 0 Å². The van der Waals surface area contributed by atoms with Crippen molar-refractivity contribution >= 4 is 32.9 Å². The summed E-state index contributed by atoms with van der Waals surface area (Å²) in [7, 11) is 0. The number of carbonyl (C=O) groups is 1. The number of fused-ring (bicyclic) bond motifs is 1. The van der Waals surface area contributed by atoms with Crippen molar-refractivity contribution in [2.75, 3.05) is 0 Å². The molecule has 0 amide bonds. The average molecular weight is 268 g/mol. The lowest BCUT2D eigenvalue weighted by Gasteiger charge is -2.02. The van der Waals surface area contributed by atoms with E-state index in [0.29, 0.717) is 6.42 Å². The molecular weight excluding hydrogens is 258 g/mol. The quantitative estimate of drug-likeness (QED) is 0.860. The summed E-state index contributed by atoms with van der Waals surface area (Å²) in [5.74, 6) is 0. The third-order valence-corrected chi connectivity index (χ3v) is 3.32. The van der Waals surface area contributed by atoms with Crippen LogP contribution in [0.15, 0.2) is 28.7 Å². The third-order valence-electron chi connectivity index (χ3n) is 2.43. The van der Waals surface area contributed by atoms with Crippen molar-refractivity contribution in [2.45, 2.75) is 13.3 Å². The van der Waals surface area contributed by atoms with E-state index in [1.807, 2.05) is 31.2 Å². The van der Waals surface area contributed by atoms with Gasteiger partial charge in [-0.05, 0) is 28.4 Å². The van der Waals surface area contributed by atoms with Gasteiger partial charge in [0.05, 0.1) is 5.52 Å². The first-order valence-electron chi connectivity index (χ1n) is 4.68. The second-order valence-electron chi connectivity index (χ2n) is 3.25. The Morgan fingerprint density at radius 3 is 2.73 bits per heavy atom. The summed E-state index contributed by atoms with van der Waals surface area (Å²) >= 11 is 3.45. The number of halogens is 1. The smallest absolute Gasteiger partial charge is 0.416 e. The minimum Gasteiger partial charge on any atom is -0.464 e. The summed E-state index contributed by atoms with van der Waals surface area (Å²) in [6, 6.07) is 7.47. The molecule has 0 saturated carbocycles. The molecule has 4 heteroatoms. The maximum Gasteiger partial charge on any atom is 0.416 e. The number of hydrogen-bond acceptors (Lipinski definition) is 1. The van der Waals surface area contributed by atoms with E-state index in [9.17, 15) is 4.79 Å². The van der Waals surface area contributed by atoms with Crippen LogP contribution in [0.5, 0.6) is 0 Å². The van der Waals surface area contributed by atoms with Crippen LogP contribution in [0.25, 0.3) is 10.9 Å². The number of rotatable bonds is 1. The number of benzene rings is 1. The van der Waals surface area contributed by atoms with E-state index in [1.165, 1.54) is 4.57 Å². The SMILES string of the molecule is CCc1c(Br)c2ccccc2n1C(=O)O. The molecule has 0 spiro atoms. The molecule has 0 aliphatic heterocycles. The van der Waals surface area contributed by atoms with Crippen LogP contribution < -0.4 is 0 Å². The fourth-order valence-corrected chi connectivity index (χ4v) is 2.58. The first-order chi connectivity index (χ1) is 7.16. The molecular formula is C11H10BrNO2. The molecule has 15 heavy (non-hydrogen) atoms. The Bertz CT molecular complexity index is 531. The molecule has 1 heterocycles.